The summed E-state index contributed by atoms with van der Waals surface area (Å²) in [6, 6.07) is 8.79. The quantitative estimate of drug-likeness (QED) is 0.337. The molecule has 1 heterocycles. The van der Waals surface area contributed by atoms with Crippen molar-refractivity contribution in [2.75, 3.05) is 6.61 Å². The summed E-state index contributed by atoms with van der Waals surface area (Å²) in [7, 11) is 0. The van der Waals surface area contributed by atoms with Crippen molar-refractivity contribution in [3.8, 4) is 11.5 Å². The number of carbonyl (C=O) groups is 1. The molecule has 0 aliphatic rings. The lowest BCUT2D eigenvalue weighted by molar-refractivity contribution is -0.144. The van der Waals surface area contributed by atoms with Crippen LogP contribution in [0.3, 0.4) is 0 Å². The third kappa shape index (κ3) is 5.48. The van der Waals surface area contributed by atoms with Crippen molar-refractivity contribution < 1.29 is 19.4 Å². The highest BCUT2D eigenvalue weighted by Gasteiger charge is 2.19. The number of rotatable bonds is 9. The van der Waals surface area contributed by atoms with E-state index in [-0.39, 0.29) is 5.56 Å². The molecule has 0 aliphatic heterocycles. The third-order valence-corrected chi connectivity index (χ3v) is 5.25. The molecule has 2 aromatic carbocycles. The minimum Gasteiger partial charge on any atom is -0.490 e. The number of aromatic nitrogens is 2. The van der Waals surface area contributed by atoms with Crippen LogP contribution < -0.4 is 15.0 Å². The van der Waals surface area contributed by atoms with Crippen molar-refractivity contribution in [3.05, 3.63) is 74.8 Å². The number of carboxylic acid groups (broad SMARTS) is 1. The standard InChI is InChI=1S/C24H24BrN3O5/c1-5-7-17-10-16(11-21(32-6-2)22(17)33-14(3)24(30)31)13-26-28-15(4)27-20-9-8-18(25)12-19(20)23(28)29/h5,8-14H,1,6-7H2,2-4H3,(H,30,31)/t14-/m0/s1. The molecule has 0 bridgehead atoms. The maximum atomic E-state index is 13.0. The molecule has 0 radical (unpaired) electrons. The highest BCUT2D eigenvalue weighted by atomic mass is 79.9. The van der Waals surface area contributed by atoms with Crippen molar-refractivity contribution in [1.29, 1.82) is 0 Å². The van der Waals surface area contributed by atoms with Crippen molar-refractivity contribution in [3.63, 3.8) is 0 Å². The van der Waals surface area contributed by atoms with Crippen LogP contribution in [0.2, 0.25) is 0 Å². The molecule has 1 aromatic heterocycles. The van der Waals surface area contributed by atoms with Crippen LogP contribution in [0.4, 0.5) is 0 Å². The number of hydrogen-bond donors (Lipinski definition) is 1. The molecule has 0 fully saturated rings. The van der Waals surface area contributed by atoms with Gasteiger partial charge in [0.05, 0.1) is 23.7 Å². The highest BCUT2D eigenvalue weighted by molar-refractivity contribution is 9.10. The van der Waals surface area contributed by atoms with Crippen LogP contribution in [0, 0.1) is 6.92 Å². The van der Waals surface area contributed by atoms with E-state index in [0.717, 1.165) is 4.47 Å². The molecular formula is C24H24BrN3O5. The third-order valence-electron chi connectivity index (χ3n) is 4.75. The van der Waals surface area contributed by atoms with Gasteiger partial charge in [-0.15, -0.1) is 6.58 Å². The predicted molar refractivity (Wildman–Crippen MR) is 131 cm³/mol. The lowest BCUT2D eigenvalue weighted by Crippen LogP contribution is -2.24. The summed E-state index contributed by atoms with van der Waals surface area (Å²) in [5.74, 6) is 0.0843. The number of carboxylic acids is 1. The molecule has 0 unspecified atom stereocenters. The number of aryl methyl sites for hydroxylation is 1. The first-order valence-electron chi connectivity index (χ1n) is 10.3. The van der Waals surface area contributed by atoms with Gasteiger partial charge in [-0.05, 0) is 63.1 Å². The molecular weight excluding hydrogens is 490 g/mol. The smallest absolute Gasteiger partial charge is 0.344 e. The second-order valence-corrected chi connectivity index (χ2v) is 8.13. The first-order chi connectivity index (χ1) is 15.7. The normalized spacial score (nSPS) is 12.1. The largest absolute Gasteiger partial charge is 0.490 e. The molecule has 3 rings (SSSR count). The topological polar surface area (TPSA) is 103 Å². The van der Waals surface area contributed by atoms with Gasteiger partial charge in [-0.2, -0.15) is 9.78 Å². The fourth-order valence-electron chi connectivity index (χ4n) is 3.21. The Morgan fingerprint density at radius 2 is 2.12 bits per heavy atom. The van der Waals surface area contributed by atoms with Gasteiger partial charge in [0.1, 0.15) is 5.82 Å². The van der Waals surface area contributed by atoms with Gasteiger partial charge in [0.25, 0.3) is 5.56 Å². The lowest BCUT2D eigenvalue weighted by atomic mass is 10.1. The second kappa shape index (κ2) is 10.4. The zero-order chi connectivity index (χ0) is 24.1. The van der Waals surface area contributed by atoms with Crippen LogP contribution in [-0.4, -0.2) is 39.7 Å². The maximum absolute atomic E-state index is 13.0. The van der Waals surface area contributed by atoms with Crippen molar-refractivity contribution >= 4 is 39.0 Å². The summed E-state index contributed by atoms with van der Waals surface area (Å²) in [6.45, 7) is 9.10. The lowest BCUT2D eigenvalue weighted by Gasteiger charge is -2.18. The van der Waals surface area contributed by atoms with E-state index in [0.29, 0.717) is 52.4 Å². The van der Waals surface area contributed by atoms with Crippen LogP contribution in [0.5, 0.6) is 11.5 Å². The summed E-state index contributed by atoms with van der Waals surface area (Å²) in [5.41, 5.74) is 1.64. The Bertz CT molecular complexity index is 1300. The molecule has 0 amide bonds. The van der Waals surface area contributed by atoms with Crippen LogP contribution in [0.1, 0.15) is 30.8 Å². The maximum Gasteiger partial charge on any atom is 0.344 e. The monoisotopic (exact) mass is 513 g/mol. The van der Waals surface area contributed by atoms with E-state index in [9.17, 15) is 14.7 Å². The molecule has 1 N–H and O–H groups in total. The Balaban J connectivity index is 2.09. The van der Waals surface area contributed by atoms with Gasteiger partial charge in [-0.1, -0.05) is 22.0 Å². The van der Waals surface area contributed by atoms with E-state index < -0.39 is 12.1 Å². The van der Waals surface area contributed by atoms with Gasteiger partial charge in [0, 0.05) is 10.0 Å². The first-order valence-corrected chi connectivity index (χ1v) is 11.1. The molecule has 8 nitrogen and oxygen atoms in total. The Labute approximate surface area is 199 Å². The molecule has 0 aliphatic carbocycles. The van der Waals surface area contributed by atoms with E-state index in [2.05, 4.69) is 32.6 Å². The van der Waals surface area contributed by atoms with E-state index in [1.165, 1.54) is 17.8 Å². The summed E-state index contributed by atoms with van der Waals surface area (Å²) >= 11 is 3.38. The summed E-state index contributed by atoms with van der Waals surface area (Å²) in [6.07, 6.45) is 2.58. The summed E-state index contributed by atoms with van der Waals surface area (Å²) in [4.78, 5) is 28.7. The number of halogens is 1. The van der Waals surface area contributed by atoms with E-state index >= 15 is 0 Å². The number of nitrogens with zero attached hydrogens (tertiary/aromatic N) is 3. The van der Waals surface area contributed by atoms with Crippen molar-refractivity contribution in [2.24, 2.45) is 5.10 Å². The molecule has 0 saturated heterocycles. The van der Waals surface area contributed by atoms with Crippen LogP contribution in [-0.2, 0) is 11.2 Å². The fraction of sp³-hybridized carbons (Fsp3) is 0.250. The van der Waals surface area contributed by atoms with E-state index in [1.807, 2.05) is 13.0 Å². The minimum absolute atomic E-state index is 0.290. The minimum atomic E-state index is -1.09. The first kappa shape index (κ1) is 24.2. The molecule has 0 spiro atoms. The van der Waals surface area contributed by atoms with Crippen molar-refractivity contribution in [1.82, 2.24) is 9.66 Å². The van der Waals surface area contributed by atoms with Gasteiger partial charge in [0.2, 0.25) is 0 Å². The zero-order valence-electron chi connectivity index (χ0n) is 18.5. The van der Waals surface area contributed by atoms with Gasteiger partial charge in [-0.25, -0.2) is 9.78 Å². The number of fused-ring (bicyclic) bond motifs is 1. The van der Waals surface area contributed by atoms with Gasteiger partial charge in [-0.3, -0.25) is 4.79 Å². The number of allylic oxidation sites excluding steroid dienone is 1. The Hall–Kier alpha value is -3.46. The van der Waals surface area contributed by atoms with Crippen LogP contribution >= 0.6 is 15.9 Å². The average molecular weight is 514 g/mol. The average Bonchev–Trinajstić information content (AvgIpc) is 2.76. The summed E-state index contributed by atoms with van der Waals surface area (Å²) < 4.78 is 13.4. The van der Waals surface area contributed by atoms with Crippen LogP contribution in [0.25, 0.3) is 10.9 Å². The van der Waals surface area contributed by atoms with E-state index in [4.69, 9.17) is 9.47 Å². The SMILES string of the molecule is C=CCc1cc(C=Nn2c(C)nc3ccc(Br)cc3c2=O)cc(OCC)c1O[C@@H](C)C(=O)O. The highest BCUT2D eigenvalue weighted by Crippen LogP contribution is 2.34. The number of aliphatic carboxylic acids is 1. The number of hydrogen-bond acceptors (Lipinski definition) is 6. The number of benzene rings is 2. The molecule has 9 heteroatoms. The Morgan fingerprint density at radius 3 is 2.79 bits per heavy atom. The zero-order valence-corrected chi connectivity index (χ0v) is 20.1. The summed E-state index contributed by atoms with van der Waals surface area (Å²) in [5, 5.41) is 14.1. The van der Waals surface area contributed by atoms with Gasteiger partial charge >= 0.3 is 5.97 Å². The fourth-order valence-corrected chi connectivity index (χ4v) is 3.57. The molecule has 172 valence electrons. The molecule has 1 atom stereocenters. The molecule has 0 saturated carbocycles. The van der Waals surface area contributed by atoms with Gasteiger partial charge < -0.3 is 14.6 Å². The molecule has 33 heavy (non-hydrogen) atoms. The van der Waals surface area contributed by atoms with Gasteiger partial charge in [0.15, 0.2) is 17.6 Å². The Morgan fingerprint density at radius 1 is 1.36 bits per heavy atom. The van der Waals surface area contributed by atoms with E-state index in [1.54, 1.807) is 37.3 Å². The second-order valence-electron chi connectivity index (χ2n) is 7.21. The number of ether oxygens (including phenoxy) is 2. The molecule has 3 aromatic rings. The Kier molecular flexibility index (Phi) is 7.65. The predicted octanol–water partition coefficient (Wildman–Crippen LogP) is 4.33. The van der Waals surface area contributed by atoms with Crippen molar-refractivity contribution in [2.45, 2.75) is 33.3 Å². The van der Waals surface area contributed by atoms with Crippen LogP contribution in [0.15, 0.2) is 57.4 Å².